The van der Waals surface area contributed by atoms with Gasteiger partial charge in [0, 0.05) is 19.1 Å². The fourth-order valence-corrected chi connectivity index (χ4v) is 3.10. The second-order valence-corrected chi connectivity index (χ2v) is 6.91. The summed E-state index contributed by atoms with van der Waals surface area (Å²) < 4.78 is 39.9. The number of alkyl halides is 3. The van der Waals surface area contributed by atoms with Gasteiger partial charge in [0.25, 0.3) is 0 Å². The van der Waals surface area contributed by atoms with Crippen molar-refractivity contribution in [1.29, 1.82) is 0 Å². The van der Waals surface area contributed by atoms with E-state index in [4.69, 9.17) is 0 Å². The number of nitrogens with zero attached hydrogens (tertiary/aromatic N) is 1. The molecule has 0 aromatic heterocycles. The minimum atomic E-state index is -4.60. The van der Waals surface area contributed by atoms with Crippen LogP contribution >= 0.6 is 0 Å². The number of hydrogen-bond donors (Lipinski definition) is 2. The lowest BCUT2D eigenvalue weighted by molar-refractivity contribution is -0.160. The van der Waals surface area contributed by atoms with Gasteiger partial charge in [-0.2, -0.15) is 13.2 Å². The first kappa shape index (κ1) is 22.0. The van der Waals surface area contributed by atoms with Crippen molar-refractivity contribution in [2.45, 2.75) is 51.5 Å². The maximum absolute atomic E-state index is 12.0. The Morgan fingerprint density at radius 1 is 1.18 bits per heavy atom. The van der Waals surface area contributed by atoms with Crippen LogP contribution in [0.4, 0.5) is 18.0 Å². The molecular formula is C19H26F3N3O3. The molecule has 0 radical (unpaired) electrons. The van der Waals surface area contributed by atoms with Gasteiger partial charge in [-0.25, -0.2) is 4.79 Å². The van der Waals surface area contributed by atoms with Gasteiger partial charge in [0.15, 0.2) is 6.61 Å². The number of benzene rings is 1. The maximum atomic E-state index is 12.0. The standard InChI is InChI=1S/C19H26F3N3O3/c1-14-6-4-5-9-25(14)12-16-8-3-2-7-15(16)10-23-17(26)11-24-18(27)28-13-19(20,21)22/h2-3,7-8,14H,4-6,9-13H2,1H3,(H,23,26)(H,24,27). The summed E-state index contributed by atoms with van der Waals surface area (Å²) in [6.45, 7) is 2.19. The van der Waals surface area contributed by atoms with Crippen molar-refractivity contribution in [3.63, 3.8) is 0 Å². The number of amides is 2. The van der Waals surface area contributed by atoms with Crippen LogP contribution in [0.5, 0.6) is 0 Å². The van der Waals surface area contributed by atoms with Gasteiger partial charge in [0.1, 0.15) is 6.54 Å². The van der Waals surface area contributed by atoms with Crippen LogP contribution in [-0.2, 0) is 22.6 Å². The Bertz CT molecular complexity index is 667. The van der Waals surface area contributed by atoms with Crippen LogP contribution in [0.25, 0.3) is 0 Å². The van der Waals surface area contributed by atoms with Crippen molar-refractivity contribution in [3.05, 3.63) is 35.4 Å². The number of rotatable bonds is 7. The summed E-state index contributed by atoms with van der Waals surface area (Å²) in [4.78, 5) is 25.4. The summed E-state index contributed by atoms with van der Waals surface area (Å²) in [5.41, 5.74) is 2.09. The summed E-state index contributed by atoms with van der Waals surface area (Å²) in [5.74, 6) is -0.509. The molecule has 2 rings (SSSR count). The predicted molar refractivity (Wildman–Crippen MR) is 97.4 cm³/mol. The first-order valence-electron chi connectivity index (χ1n) is 9.29. The Hall–Kier alpha value is -2.29. The molecule has 9 heteroatoms. The van der Waals surface area contributed by atoms with Gasteiger partial charge in [-0.15, -0.1) is 0 Å². The van der Waals surface area contributed by atoms with Gasteiger partial charge >= 0.3 is 12.3 Å². The highest BCUT2D eigenvalue weighted by atomic mass is 19.4. The van der Waals surface area contributed by atoms with E-state index in [-0.39, 0.29) is 6.54 Å². The number of ether oxygens (including phenoxy) is 1. The number of alkyl carbamates (subject to hydrolysis) is 1. The van der Waals surface area contributed by atoms with Crippen LogP contribution in [0.15, 0.2) is 24.3 Å². The third-order valence-electron chi connectivity index (χ3n) is 4.67. The molecule has 0 saturated carbocycles. The van der Waals surface area contributed by atoms with Crippen molar-refractivity contribution in [3.8, 4) is 0 Å². The molecule has 0 aliphatic carbocycles. The molecule has 1 saturated heterocycles. The van der Waals surface area contributed by atoms with E-state index in [0.29, 0.717) is 6.04 Å². The average Bonchev–Trinajstić information content (AvgIpc) is 2.65. The fraction of sp³-hybridized carbons (Fsp3) is 0.579. The number of likely N-dealkylation sites (tertiary alicyclic amines) is 1. The van der Waals surface area contributed by atoms with Crippen LogP contribution in [-0.4, -0.2) is 48.8 Å². The molecule has 0 bridgehead atoms. The normalized spacial score (nSPS) is 17.8. The molecule has 2 N–H and O–H groups in total. The predicted octanol–water partition coefficient (Wildman–Crippen LogP) is 2.97. The van der Waals surface area contributed by atoms with Gasteiger partial charge in [-0.1, -0.05) is 30.7 Å². The van der Waals surface area contributed by atoms with E-state index in [1.807, 2.05) is 29.6 Å². The van der Waals surface area contributed by atoms with Crippen LogP contribution in [0, 0.1) is 0 Å². The van der Waals surface area contributed by atoms with Crippen molar-refractivity contribution in [2.75, 3.05) is 19.7 Å². The second kappa shape index (κ2) is 10.3. The molecule has 156 valence electrons. The molecule has 1 heterocycles. The zero-order valence-corrected chi connectivity index (χ0v) is 15.8. The smallest absolute Gasteiger partial charge is 0.422 e. The van der Waals surface area contributed by atoms with E-state index in [9.17, 15) is 22.8 Å². The van der Waals surface area contributed by atoms with Crippen LogP contribution < -0.4 is 10.6 Å². The van der Waals surface area contributed by atoms with Crippen molar-refractivity contribution in [2.24, 2.45) is 0 Å². The van der Waals surface area contributed by atoms with E-state index in [1.165, 1.54) is 19.3 Å². The summed E-state index contributed by atoms with van der Waals surface area (Å²) in [7, 11) is 0. The molecule has 6 nitrogen and oxygen atoms in total. The maximum Gasteiger partial charge on any atom is 0.422 e. The summed E-state index contributed by atoms with van der Waals surface area (Å²) in [5, 5.41) is 4.66. The molecule has 28 heavy (non-hydrogen) atoms. The molecule has 0 spiro atoms. The zero-order valence-electron chi connectivity index (χ0n) is 15.8. The summed E-state index contributed by atoms with van der Waals surface area (Å²) in [6.07, 6.45) is -2.29. The third-order valence-corrected chi connectivity index (χ3v) is 4.67. The summed E-state index contributed by atoms with van der Waals surface area (Å²) >= 11 is 0. The Morgan fingerprint density at radius 2 is 1.89 bits per heavy atom. The third kappa shape index (κ3) is 7.75. The van der Waals surface area contributed by atoms with Crippen molar-refractivity contribution < 1.29 is 27.5 Å². The second-order valence-electron chi connectivity index (χ2n) is 6.91. The number of carbonyl (C=O) groups is 2. The van der Waals surface area contributed by atoms with Gasteiger partial charge < -0.3 is 15.4 Å². The van der Waals surface area contributed by atoms with E-state index < -0.39 is 31.3 Å². The van der Waals surface area contributed by atoms with Crippen LogP contribution in [0.2, 0.25) is 0 Å². The average molecular weight is 401 g/mol. The molecule has 2 amide bonds. The Kier molecular flexibility index (Phi) is 8.10. The summed E-state index contributed by atoms with van der Waals surface area (Å²) in [6, 6.07) is 8.30. The minimum absolute atomic E-state index is 0.274. The lowest BCUT2D eigenvalue weighted by Gasteiger charge is -2.33. The molecule has 1 aliphatic rings. The first-order chi connectivity index (χ1) is 13.2. The number of hydrogen-bond acceptors (Lipinski definition) is 4. The molecule has 1 aromatic carbocycles. The number of carbonyl (C=O) groups excluding carboxylic acids is 2. The van der Waals surface area contributed by atoms with Gasteiger partial charge in [-0.3, -0.25) is 9.69 Å². The van der Waals surface area contributed by atoms with E-state index >= 15 is 0 Å². The van der Waals surface area contributed by atoms with Crippen molar-refractivity contribution >= 4 is 12.0 Å². The SMILES string of the molecule is CC1CCCCN1Cc1ccccc1CNC(=O)CNC(=O)OCC(F)(F)F. The largest absolute Gasteiger partial charge is 0.440 e. The molecular weight excluding hydrogens is 375 g/mol. The molecule has 1 aromatic rings. The molecule has 1 unspecified atom stereocenters. The van der Waals surface area contributed by atoms with E-state index in [0.717, 1.165) is 24.2 Å². The van der Waals surface area contributed by atoms with Gasteiger partial charge in [-0.05, 0) is 37.4 Å². The Labute approximate surface area is 162 Å². The Balaban J connectivity index is 1.79. The number of nitrogens with one attached hydrogen (secondary N) is 2. The quantitative estimate of drug-likeness (QED) is 0.737. The van der Waals surface area contributed by atoms with Gasteiger partial charge in [0.05, 0.1) is 0 Å². The van der Waals surface area contributed by atoms with Gasteiger partial charge in [0.2, 0.25) is 5.91 Å². The van der Waals surface area contributed by atoms with Crippen LogP contribution in [0.1, 0.15) is 37.3 Å². The topological polar surface area (TPSA) is 70.7 Å². The zero-order chi connectivity index (χ0) is 20.6. The molecule has 1 aliphatic heterocycles. The minimum Gasteiger partial charge on any atom is -0.440 e. The monoisotopic (exact) mass is 401 g/mol. The first-order valence-corrected chi connectivity index (χ1v) is 9.29. The van der Waals surface area contributed by atoms with Crippen LogP contribution in [0.3, 0.4) is 0 Å². The molecule has 1 atom stereocenters. The highest BCUT2D eigenvalue weighted by molar-refractivity contribution is 5.82. The molecule has 1 fully saturated rings. The lowest BCUT2D eigenvalue weighted by Crippen LogP contribution is -2.38. The highest BCUT2D eigenvalue weighted by Gasteiger charge is 2.29. The van der Waals surface area contributed by atoms with Crippen molar-refractivity contribution in [1.82, 2.24) is 15.5 Å². The van der Waals surface area contributed by atoms with E-state index in [1.54, 1.807) is 0 Å². The number of piperidine rings is 1. The van der Waals surface area contributed by atoms with E-state index in [2.05, 4.69) is 21.9 Å². The Morgan fingerprint density at radius 3 is 2.57 bits per heavy atom. The fourth-order valence-electron chi connectivity index (χ4n) is 3.10. The lowest BCUT2D eigenvalue weighted by atomic mass is 10.0. The highest BCUT2D eigenvalue weighted by Crippen LogP contribution is 2.20. The number of halogens is 3.